The summed E-state index contributed by atoms with van der Waals surface area (Å²) in [5.41, 5.74) is 2.61. The molecule has 1 fully saturated rings. The van der Waals surface area contributed by atoms with E-state index in [0.29, 0.717) is 0 Å². The third-order valence-corrected chi connectivity index (χ3v) is 6.03. The molecule has 29 heavy (non-hydrogen) atoms. The highest BCUT2D eigenvalue weighted by Crippen LogP contribution is 2.34. The Labute approximate surface area is 180 Å². The summed E-state index contributed by atoms with van der Waals surface area (Å²) >= 11 is 3.47. The van der Waals surface area contributed by atoms with Gasteiger partial charge in [-0.1, -0.05) is 59.5 Å². The van der Waals surface area contributed by atoms with E-state index in [2.05, 4.69) is 15.9 Å². The van der Waals surface area contributed by atoms with Crippen molar-refractivity contribution in [1.82, 2.24) is 0 Å². The van der Waals surface area contributed by atoms with Crippen LogP contribution < -0.4 is 4.90 Å². The van der Waals surface area contributed by atoms with E-state index in [0.717, 1.165) is 53.0 Å². The summed E-state index contributed by atoms with van der Waals surface area (Å²) in [6, 6.07) is 15.4. The molecule has 0 spiro atoms. The molecular formula is C24H26BrNO3. The van der Waals surface area contributed by atoms with Gasteiger partial charge in [-0.2, -0.15) is 0 Å². The zero-order valence-electron chi connectivity index (χ0n) is 16.6. The lowest BCUT2D eigenvalue weighted by molar-refractivity contribution is -0.131. The van der Waals surface area contributed by atoms with Crippen LogP contribution >= 0.6 is 15.9 Å². The molecule has 152 valence electrons. The Balaban J connectivity index is 1.97. The van der Waals surface area contributed by atoms with E-state index < -0.39 is 5.97 Å². The van der Waals surface area contributed by atoms with Crippen molar-refractivity contribution >= 4 is 39.6 Å². The van der Waals surface area contributed by atoms with Crippen LogP contribution in [-0.2, 0) is 9.59 Å². The van der Waals surface area contributed by atoms with Gasteiger partial charge in [0, 0.05) is 22.2 Å². The molecule has 2 aromatic carbocycles. The SMILES string of the molecule is CC(c1ccc(Br)cc1)N(C(=O)C1CCCCC1)c1cccc(C=CC(=O)O)c1. The molecule has 0 saturated heterocycles. The van der Waals surface area contributed by atoms with Crippen molar-refractivity contribution < 1.29 is 14.7 Å². The molecule has 1 amide bonds. The number of carboxylic acids is 1. The monoisotopic (exact) mass is 455 g/mol. The summed E-state index contributed by atoms with van der Waals surface area (Å²) in [4.78, 5) is 26.3. The van der Waals surface area contributed by atoms with Gasteiger partial charge in [-0.3, -0.25) is 4.79 Å². The van der Waals surface area contributed by atoms with E-state index in [1.54, 1.807) is 6.08 Å². The number of amides is 1. The summed E-state index contributed by atoms with van der Waals surface area (Å²) < 4.78 is 0.999. The number of anilines is 1. The molecule has 3 rings (SSSR count). The first-order chi connectivity index (χ1) is 14.0. The van der Waals surface area contributed by atoms with Gasteiger partial charge in [-0.05, 0) is 61.2 Å². The third kappa shape index (κ3) is 5.57. The lowest BCUT2D eigenvalue weighted by Gasteiger charge is -2.34. The van der Waals surface area contributed by atoms with Crippen LogP contribution in [0.5, 0.6) is 0 Å². The molecule has 0 aliphatic heterocycles. The maximum Gasteiger partial charge on any atom is 0.328 e. The Morgan fingerprint density at radius 3 is 2.45 bits per heavy atom. The molecule has 4 nitrogen and oxygen atoms in total. The predicted octanol–water partition coefficient (Wildman–Crippen LogP) is 6.22. The van der Waals surface area contributed by atoms with Gasteiger partial charge >= 0.3 is 5.97 Å². The molecule has 1 aliphatic rings. The minimum atomic E-state index is -0.992. The molecule has 0 radical (unpaired) electrons. The van der Waals surface area contributed by atoms with Crippen molar-refractivity contribution in [2.75, 3.05) is 4.90 Å². The second-order valence-electron chi connectivity index (χ2n) is 7.54. The van der Waals surface area contributed by atoms with Crippen molar-refractivity contribution in [1.29, 1.82) is 0 Å². The number of nitrogens with zero attached hydrogens (tertiary/aromatic N) is 1. The van der Waals surface area contributed by atoms with E-state index >= 15 is 0 Å². The van der Waals surface area contributed by atoms with Crippen LogP contribution in [0.15, 0.2) is 59.1 Å². The number of carbonyl (C=O) groups excluding carboxylic acids is 1. The molecule has 1 unspecified atom stereocenters. The average molecular weight is 456 g/mol. The van der Waals surface area contributed by atoms with Crippen LogP contribution in [0.1, 0.15) is 56.2 Å². The highest BCUT2D eigenvalue weighted by molar-refractivity contribution is 9.10. The number of carboxylic acid groups (broad SMARTS) is 1. The van der Waals surface area contributed by atoms with Crippen LogP contribution in [0.4, 0.5) is 5.69 Å². The summed E-state index contributed by atoms with van der Waals surface area (Å²) in [5, 5.41) is 8.92. The van der Waals surface area contributed by atoms with Crippen LogP contribution in [0.25, 0.3) is 6.08 Å². The summed E-state index contributed by atoms with van der Waals surface area (Å²) in [5.74, 6) is -0.798. The van der Waals surface area contributed by atoms with Gasteiger partial charge in [-0.25, -0.2) is 4.79 Å². The van der Waals surface area contributed by atoms with E-state index in [4.69, 9.17) is 5.11 Å². The summed E-state index contributed by atoms with van der Waals surface area (Å²) in [7, 11) is 0. The number of rotatable bonds is 6. The molecule has 5 heteroatoms. The van der Waals surface area contributed by atoms with Gasteiger partial charge < -0.3 is 10.0 Å². The van der Waals surface area contributed by atoms with Gasteiger partial charge in [0.05, 0.1) is 6.04 Å². The average Bonchev–Trinajstić information content (AvgIpc) is 2.74. The minimum absolute atomic E-state index is 0.0415. The van der Waals surface area contributed by atoms with Crippen molar-refractivity contribution in [3.05, 3.63) is 70.2 Å². The highest BCUT2D eigenvalue weighted by Gasteiger charge is 2.30. The van der Waals surface area contributed by atoms with Crippen molar-refractivity contribution in [3.63, 3.8) is 0 Å². The number of carbonyl (C=O) groups is 2. The van der Waals surface area contributed by atoms with Gasteiger partial charge in [0.2, 0.25) is 5.91 Å². The van der Waals surface area contributed by atoms with Crippen molar-refractivity contribution in [2.24, 2.45) is 5.92 Å². The maximum atomic E-state index is 13.6. The quantitative estimate of drug-likeness (QED) is 0.525. The first-order valence-electron chi connectivity index (χ1n) is 10.1. The molecular weight excluding hydrogens is 430 g/mol. The van der Waals surface area contributed by atoms with Gasteiger partial charge in [0.15, 0.2) is 0 Å². The lowest BCUT2D eigenvalue weighted by atomic mass is 9.87. The molecule has 1 aliphatic carbocycles. The number of aliphatic carboxylic acids is 1. The molecule has 0 aromatic heterocycles. The fourth-order valence-electron chi connectivity index (χ4n) is 3.92. The molecule has 0 bridgehead atoms. The van der Waals surface area contributed by atoms with Gasteiger partial charge in [0.1, 0.15) is 0 Å². The third-order valence-electron chi connectivity index (χ3n) is 5.50. The number of hydrogen-bond donors (Lipinski definition) is 1. The van der Waals surface area contributed by atoms with E-state index in [1.165, 1.54) is 6.42 Å². The molecule has 1 N–H and O–H groups in total. The van der Waals surface area contributed by atoms with Gasteiger partial charge in [0.25, 0.3) is 0 Å². The Morgan fingerprint density at radius 1 is 1.10 bits per heavy atom. The summed E-state index contributed by atoms with van der Waals surface area (Å²) in [6.45, 7) is 2.05. The maximum absolute atomic E-state index is 13.6. The zero-order chi connectivity index (χ0) is 20.8. The highest BCUT2D eigenvalue weighted by atomic mass is 79.9. The molecule has 1 atom stereocenters. The first kappa shape index (κ1) is 21.3. The fourth-order valence-corrected chi connectivity index (χ4v) is 4.19. The number of halogens is 1. The second kappa shape index (κ2) is 9.88. The second-order valence-corrected chi connectivity index (χ2v) is 8.45. The minimum Gasteiger partial charge on any atom is -0.478 e. The Kier molecular flexibility index (Phi) is 7.26. The largest absolute Gasteiger partial charge is 0.478 e. The molecule has 2 aromatic rings. The van der Waals surface area contributed by atoms with Crippen LogP contribution in [-0.4, -0.2) is 17.0 Å². The van der Waals surface area contributed by atoms with Crippen LogP contribution in [0.2, 0.25) is 0 Å². The Hall–Kier alpha value is -2.40. The lowest BCUT2D eigenvalue weighted by Crippen LogP contribution is -2.39. The first-order valence-corrected chi connectivity index (χ1v) is 10.8. The number of benzene rings is 2. The smallest absolute Gasteiger partial charge is 0.328 e. The van der Waals surface area contributed by atoms with Gasteiger partial charge in [-0.15, -0.1) is 0 Å². The molecule has 0 heterocycles. The predicted molar refractivity (Wildman–Crippen MR) is 120 cm³/mol. The zero-order valence-corrected chi connectivity index (χ0v) is 18.1. The Bertz CT molecular complexity index is 885. The van der Waals surface area contributed by atoms with Crippen LogP contribution in [0, 0.1) is 5.92 Å². The topological polar surface area (TPSA) is 57.6 Å². The standard InChI is InChI=1S/C24H26BrNO3/c1-17(19-11-13-21(25)14-12-19)26(24(29)20-7-3-2-4-8-20)22-9-5-6-18(16-22)10-15-23(27)28/h5-6,9-17,20H,2-4,7-8H2,1H3,(H,27,28). The van der Waals surface area contributed by atoms with Crippen molar-refractivity contribution in [2.45, 2.75) is 45.1 Å². The van der Waals surface area contributed by atoms with Crippen molar-refractivity contribution in [3.8, 4) is 0 Å². The number of hydrogen-bond acceptors (Lipinski definition) is 2. The Morgan fingerprint density at radius 2 is 1.79 bits per heavy atom. The normalized spacial score (nSPS) is 15.9. The summed E-state index contributed by atoms with van der Waals surface area (Å²) in [6.07, 6.45) is 7.92. The molecule has 1 saturated carbocycles. The van der Waals surface area contributed by atoms with Crippen LogP contribution in [0.3, 0.4) is 0 Å². The van der Waals surface area contributed by atoms with E-state index in [-0.39, 0.29) is 17.9 Å². The van der Waals surface area contributed by atoms with E-state index in [1.807, 2.05) is 60.4 Å². The fraction of sp³-hybridized carbons (Fsp3) is 0.333. The van der Waals surface area contributed by atoms with E-state index in [9.17, 15) is 9.59 Å².